The molecule has 2 N–H and O–H groups in total. The van der Waals surface area contributed by atoms with Crippen LogP contribution < -0.4 is 5.32 Å². The van der Waals surface area contributed by atoms with Crippen molar-refractivity contribution in [1.29, 1.82) is 0 Å². The van der Waals surface area contributed by atoms with Gasteiger partial charge in [0.05, 0.1) is 30.8 Å². The molecule has 2 fully saturated rings. The van der Waals surface area contributed by atoms with Gasteiger partial charge in [0.25, 0.3) is 0 Å². The summed E-state index contributed by atoms with van der Waals surface area (Å²) in [5.74, 6) is 0.0285. The summed E-state index contributed by atoms with van der Waals surface area (Å²) < 4.78 is 5.40. The Hall–Kier alpha value is -0.610. The molecule has 2 aliphatic rings. The molecule has 0 aromatic carbocycles. The molecule has 1 heterocycles. The third kappa shape index (κ3) is 3.42. The van der Waals surface area contributed by atoms with Gasteiger partial charge in [-0.25, -0.2) is 0 Å². The first kappa shape index (κ1) is 12.8. The van der Waals surface area contributed by atoms with E-state index >= 15 is 0 Å². The summed E-state index contributed by atoms with van der Waals surface area (Å²) in [5, 5.41) is 12.9. The zero-order chi connectivity index (χ0) is 12.3. The third-order valence-electron chi connectivity index (χ3n) is 3.88. The van der Waals surface area contributed by atoms with E-state index in [-0.39, 0.29) is 30.1 Å². The fraction of sp³-hybridized carbons (Fsp3) is 0.923. The summed E-state index contributed by atoms with van der Waals surface area (Å²) in [7, 11) is 0. The Bertz CT molecular complexity index is 269. The van der Waals surface area contributed by atoms with Crippen LogP contribution in [0.15, 0.2) is 0 Å². The molecule has 0 aromatic rings. The van der Waals surface area contributed by atoms with E-state index in [1.807, 2.05) is 6.92 Å². The van der Waals surface area contributed by atoms with Crippen molar-refractivity contribution >= 4 is 5.91 Å². The SMILES string of the molecule is CC1CC(C(=O)NC2CCCCCC2O)CO1. The standard InChI is InChI=1S/C13H23NO3/c1-9-7-10(8-17-9)13(16)14-11-5-3-2-4-6-12(11)15/h9-12,15H,2-8H2,1H3,(H,14,16). The Balaban J connectivity index is 1.84. The molecule has 0 radical (unpaired) electrons. The lowest BCUT2D eigenvalue weighted by atomic mass is 10.0. The van der Waals surface area contributed by atoms with Crippen LogP contribution >= 0.6 is 0 Å². The summed E-state index contributed by atoms with van der Waals surface area (Å²) in [5.41, 5.74) is 0. The molecule has 1 saturated heterocycles. The lowest BCUT2D eigenvalue weighted by Crippen LogP contribution is -2.45. The highest BCUT2D eigenvalue weighted by Gasteiger charge is 2.31. The van der Waals surface area contributed by atoms with Gasteiger partial charge in [0, 0.05) is 0 Å². The quantitative estimate of drug-likeness (QED) is 0.715. The molecule has 1 saturated carbocycles. The number of ether oxygens (including phenoxy) is 1. The van der Waals surface area contributed by atoms with Crippen LogP contribution in [0.25, 0.3) is 0 Å². The fourth-order valence-electron chi connectivity index (χ4n) is 2.76. The highest BCUT2D eigenvalue weighted by Crippen LogP contribution is 2.22. The second-order valence-electron chi connectivity index (χ2n) is 5.40. The second kappa shape index (κ2) is 5.83. The minimum absolute atomic E-state index is 0.0274. The lowest BCUT2D eigenvalue weighted by molar-refractivity contribution is -0.126. The van der Waals surface area contributed by atoms with Crippen LogP contribution in [0.2, 0.25) is 0 Å². The number of rotatable bonds is 2. The summed E-state index contributed by atoms with van der Waals surface area (Å²) in [4.78, 5) is 12.0. The number of aliphatic hydroxyl groups excluding tert-OH is 1. The van der Waals surface area contributed by atoms with Crippen molar-refractivity contribution in [3.05, 3.63) is 0 Å². The van der Waals surface area contributed by atoms with Gasteiger partial charge in [0.1, 0.15) is 0 Å². The van der Waals surface area contributed by atoms with E-state index < -0.39 is 0 Å². The monoisotopic (exact) mass is 241 g/mol. The molecule has 0 aromatic heterocycles. The molecule has 4 unspecified atom stereocenters. The molecule has 4 atom stereocenters. The minimum atomic E-state index is -0.374. The van der Waals surface area contributed by atoms with Crippen LogP contribution in [0, 0.1) is 5.92 Å². The molecule has 17 heavy (non-hydrogen) atoms. The first-order valence-electron chi connectivity index (χ1n) is 6.77. The number of aliphatic hydroxyl groups is 1. The fourth-order valence-corrected chi connectivity index (χ4v) is 2.76. The molecular formula is C13H23NO3. The molecule has 1 aliphatic carbocycles. The molecule has 1 amide bonds. The minimum Gasteiger partial charge on any atom is -0.391 e. The maximum absolute atomic E-state index is 12.0. The van der Waals surface area contributed by atoms with Gasteiger partial charge >= 0.3 is 0 Å². The first-order valence-corrected chi connectivity index (χ1v) is 6.77. The van der Waals surface area contributed by atoms with E-state index in [9.17, 15) is 9.90 Å². The molecule has 0 bridgehead atoms. The largest absolute Gasteiger partial charge is 0.391 e. The average molecular weight is 241 g/mol. The summed E-state index contributed by atoms with van der Waals surface area (Å²) in [6.07, 6.45) is 5.64. The zero-order valence-electron chi connectivity index (χ0n) is 10.5. The van der Waals surface area contributed by atoms with Gasteiger partial charge in [-0.05, 0) is 26.2 Å². The van der Waals surface area contributed by atoms with E-state index in [1.165, 1.54) is 0 Å². The van der Waals surface area contributed by atoms with E-state index in [1.54, 1.807) is 0 Å². The topological polar surface area (TPSA) is 58.6 Å². The van der Waals surface area contributed by atoms with Gasteiger partial charge in [-0.3, -0.25) is 4.79 Å². The van der Waals surface area contributed by atoms with Crippen molar-refractivity contribution in [1.82, 2.24) is 5.32 Å². The Morgan fingerprint density at radius 3 is 2.76 bits per heavy atom. The van der Waals surface area contributed by atoms with E-state index in [0.717, 1.165) is 38.5 Å². The van der Waals surface area contributed by atoms with Gasteiger partial charge in [-0.15, -0.1) is 0 Å². The van der Waals surface area contributed by atoms with Crippen LogP contribution in [-0.4, -0.2) is 35.9 Å². The Morgan fingerprint density at radius 2 is 2.06 bits per heavy atom. The summed E-state index contributed by atoms with van der Waals surface area (Å²) >= 11 is 0. The maximum atomic E-state index is 12.0. The second-order valence-corrected chi connectivity index (χ2v) is 5.40. The van der Waals surface area contributed by atoms with Crippen molar-refractivity contribution in [2.45, 2.75) is 63.7 Å². The summed E-state index contributed by atoms with van der Waals surface area (Å²) in [6.45, 7) is 2.52. The highest BCUT2D eigenvalue weighted by molar-refractivity contribution is 5.79. The molecule has 0 spiro atoms. The number of carbonyl (C=O) groups is 1. The Morgan fingerprint density at radius 1 is 1.29 bits per heavy atom. The van der Waals surface area contributed by atoms with E-state index in [0.29, 0.717) is 6.61 Å². The van der Waals surface area contributed by atoms with Crippen molar-refractivity contribution in [2.24, 2.45) is 5.92 Å². The molecule has 4 nitrogen and oxygen atoms in total. The molecule has 1 aliphatic heterocycles. The van der Waals surface area contributed by atoms with Gasteiger partial charge in [-0.2, -0.15) is 0 Å². The normalized spacial score (nSPS) is 38.7. The summed E-state index contributed by atoms with van der Waals surface area (Å²) in [6, 6.07) is -0.0547. The Kier molecular flexibility index (Phi) is 4.40. The van der Waals surface area contributed by atoms with Crippen molar-refractivity contribution in [2.75, 3.05) is 6.61 Å². The van der Waals surface area contributed by atoms with Crippen molar-refractivity contribution in [3.63, 3.8) is 0 Å². The zero-order valence-corrected chi connectivity index (χ0v) is 10.5. The molecular weight excluding hydrogens is 218 g/mol. The van der Waals surface area contributed by atoms with Gasteiger partial charge < -0.3 is 15.2 Å². The van der Waals surface area contributed by atoms with Crippen LogP contribution in [-0.2, 0) is 9.53 Å². The van der Waals surface area contributed by atoms with Crippen LogP contribution in [0.5, 0.6) is 0 Å². The number of hydrogen-bond donors (Lipinski definition) is 2. The molecule has 4 heteroatoms. The number of nitrogens with one attached hydrogen (secondary N) is 1. The van der Waals surface area contributed by atoms with E-state index in [4.69, 9.17) is 4.74 Å². The van der Waals surface area contributed by atoms with Crippen LogP contribution in [0.3, 0.4) is 0 Å². The smallest absolute Gasteiger partial charge is 0.225 e. The third-order valence-corrected chi connectivity index (χ3v) is 3.88. The molecule has 2 rings (SSSR count). The number of amides is 1. The average Bonchev–Trinajstić information content (AvgIpc) is 2.63. The number of hydrogen-bond acceptors (Lipinski definition) is 3. The van der Waals surface area contributed by atoms with Crippen LogP contribution in [0.1, 0.15) is 45.4 Å². The number of carbonyl (C=O) groups excluding carboxylic acids is 1. The lowest BCUT2D eigenvalue weighted by Gasteiger charge is -2.23. The predicted octanol–water partition coefficient (Wildman–Crippen LogP) is 1.22. The predicted molar refractivity (Wildman–Crippen MR) is 64.5 cm³/mol. The highest BCUT2D eigenvalue weighted by atomic mass is 16.5. The maximum Gasteiger partial charge on any atom is 0.225 e. The first-order chi connectivity index (χ1) is 8.16. The van der Waals surface area contributed by atoms with Crippen molar-refractivity contribution < 1.29 is 14.6 Å². The molecule has 98 valence electrons. The Labute approximate surface area is 103 Å². The van der Waals surface area contributed by atoms with E-state index in [2.05, 4.69) is 5.32 Å². The van der Waals surface area contributed by atoms with Gasteiger partial charge in [0.2, 0.25) is 5.91 Å². The van der Waals surface area contributed by atoms with Gasteiger partial charge in [-0.1, -0.05) is 19.3 Å². The van der Waals surface area contributed by atoms with Gasteiger partial charge in [0.15, 0.2) is 0 Å². The van der Waals surface area contributed by atoms with Crippen LogP contribution in [0.4, 0.5) is 0 Å². The van der Waals surface area contributed by atoms with Crippen molar-refractivity contribution in [3.8, 4) is 0 Å².